The molecule has 3 rings (SSSR count). The first-order valence-electron chi connectivity index (χ1n) is 8.19. The van der Waals surface area contributed by atoms with Crippen molar-refractivity contribution in [1.82, 2.24) is 5.16 Å². The van der Waals surface area contributed by atoms with Crippen LogP contribution in [0.4, 0.5) is 5.00 Å². The molecule has 7 heteroatoms. The van der Waals surface area contributed by atoms with E-state index in [1.165, 1.54) is 11.3 Å². The van der Waals surface area contributed by atoms with Gasteiger partial charge in [-0.15, -0.1) is 11.3 Å². The molecular weight excluding hydrogens is 350 g/mol. The van der Waals surface area contributed by atoms with E-state index in [0.29, 0.717) is 34.0 Å². The van der Waals surface area contributed by atoms with Gasteiger partial charge in [0.25, 0.3) is 11.8 Å². The third kappa shape index (κ3) is 3.13. The molecule has 1 aromatic carbocycles. The van der Waals surface area contributed by atoms with Crippen LogP contribution in [0.2, 0.25) is 0 Å². The number of thiophene rings is 1. The lowest BCUT2D eigenvalue weighted by Crippen LogP contribution is -2.18. The van der Waals surface area contributed by atoms with Gasteiger partial charge in [-0.1, -0.05) is 42.4 Å². The second-order valence-electron chi connectivity index (χ2n) is 5.84. The lowest BCUT2D eigenvalue weighted by atomic mass is 10.1. The van der Waals surface area contributed by atoms with Gasteiger partial charge in [0.15, 0.2) is 0 Å². The molecule has 0 spiro atoms. The van der Waals surface area contributed by atoms with Crippen LogP contribution < -0.4 is 11.1 Å². The number of nitrogens with one attached hydrogen (secondary N) is 1. The lowest BCUT2D eigenvalue weighted by molar-refractivity contribution is 0.100. The van der Waals surface area contributed by atoms with Crippen molar-refractivity contribution in [3.05, 3.63) is 57.7 Å². The van der Waals surface area contributed by atoms with Gasteiger partial charge in [0, 0.05) is 10.4 Å². The summed E-state index contributed by atoms with van der Waals surface area (Å²) in [7, 11) is 0. The summed E-state index contributed by atoms with van der Waals surface area (Å²) in [5, 5.41) is 7.30. The molecule has 3 N–H and O–H groups in total. The maximum Gasteiger partial charge on any atom is 0.262 e. The number of aryl methyl sites for hydroxylation is 2. The van der Waals surface area contributed by atoms with E-state index in [4.69, 9.17) is 10.3 Å². The fourth-order valence-corrected chi connectivity index (χ4v) is 4.10. The Bertz CT molecular complexity index is 974. The van der Waals surface area contributed by atoms with Crippen molar-refractivity contribution in [1.29, 1.82) is 0 Å². The second-order valence-corrected chi connectivity index (χ2v) is 7.07. The average molecular weight is 369 g/mol. The lowest BCUT2D eigenvalue weighted by Gasteiger charge is -2.06. The molecule has 134 valence electrons. The predicted octanol–water partition coefficient (Wildman–Crippen LogP) is 3.93. The fourth-order valence-electron chi connectivity index (χ4n) is 2.95. The minimum atomic E-state index is -0.549. The van der Waals surface area contributed by atoms with Crippen LogP contribution in [0, 0.1) is 13.8 Å². The minimum Gasteiger partial charge on any atom is -0.365 e. The SMILES string of the molecule is CCc1c(C)sc(NC(=O)c2c(-c3ccccc3)noc2C)c1C(N)=O. The first kappa shape index (κ1) is 17.9. The van der Waals surface area contributed by atoms with Crippen LogP contribution in [-0.4, -0.2) is 17.0 Å². The number of hydrogen-bond acceptors (Lipinski definition) is 5. The van der Waals surface area contributed by atoms with E-state index >= 15 is 0 Å². The van der Waals surface area contributed by atoms with Gasteiger partial charge >= 0.3 is 0 Å². The Kier molecular flexibility index (Phi) is 4.90. The molecule has 2 amide bonds. The van der Waals surface area contributed by atoms with Gasteiger partial charge in [-0.3, -0.25) is 9.59 Å². The highest BCUT2D eigenvalue weighted by atomic mass is 32.1. The number of hydrogen-bond donors (Lipinski definition) is 2. The van der Waals surface area contributed by atoms with Crippen LogP contribution in [0.1, 0.15) is 43.8 Å². The zero-order valence-electron chi connectivity index (χ0n) is 14.8. The van der Waals surface area contributed by atoms with Gasteiger partial charge in [0.05, 0.1) is 5.56 Å². The van der Waals surface area contributed by atoms with Crippen molar-refractivity contribution in [2.45, 2.75) is 27.2 Å². The Morgan fingerprint density at radius 3 is 2.50 bits per heavy atom. The van der Waals surface area contributed by atoms with Crippen molar-refractivity contribution in [3.63, 3.8) is 0 Å². The largest absolute Gasteiger partial charge is 0.365 e. The minimum absolute atomic E-state index is 0.343. The molecule has 0 radical (unpaired) electrons. The monoisotopic (exact) mass is 369 g/mol. The number of primary amides is 1. The molecule has 0 saturated carbocycles. The maximum absolute atomic E-state index is 12.9. The number of aromatic nitrogens is 1. The highest BCUT2D eigenvalue weighted by molar-refractivity contribution is 7.16. The summed E-state index contributed by atoms with van der Waals surface area (Å²) >= 11 is 1.34. The first-order chi connectivity index (χ1) is 12.4. The third-order valence-electron chi connectivity index (χ3n) is 4.17. The number of rotatable bonds is 5. The third-order valence-corrected chi connectivity index (χ3v) is 5.24. The zero-order valence-corrected chi connectivity index (χ0v) is 15.6. The molecule has 26 heavy (non-hydrogen) atoms. The van der Waals surface area contributed by atoms with Gasteiger partial charge in [0.2, 0.25) is 0 Å². The number of benzene rings is 1. The van der Waals surface area contributed by atoms with Crippen molar-refractivity contribution in [2.75, 3.05) is 5.32 Å². The molecule has 6 nitrogen and oxygen atoms in total. The summed E-state index contributed by atoms with van der Waals surface area (Å²) in [6, 6.07) is 9.32. The van der Waals surface area contributed by atoms with E-state index in [0.717, 1.165) is 16.0 Å². The van der Waals surface area contributed by atoms with Crippen molar-refractivity contribution in [2.24, 2.45) is 5.73 Å². The summed E-state index contributed by atoms with van der Waals surface area (Å²) in [5.41, 5.74) is 8.36. The quantitative estimate of drug-likeness (QED) is 0.712. The van der Waals surface area contributed by atoms with Crippen molar-refractivity contribution in [3.8, 4) is 11.3 Å². The molecule has 2 aromatic heterocycles. The predicted molar refractivity (Wildman–Crippen MR) is 102 cm³/mol. The number of carbonyl (C=O) groups excluding carboxylic acids is 2. The second kappa shape index (κ2) is 7.13. The number of nitrogens with zero attached hydrogens (tertiary/aromatic N) is 1. The van der Waals surface area contributed by atoms with Crippen LogP contribution in [0.3, 0.4) is 0 Å². The molecule has 3 aromatic rings. The van der Waals surface area contributed by atoms with Crippen LogP contribution in [0.5, 0.6) is 0 Å². The molecule has 0 bridgehead atoms. The molecule has 0 aliphatic rings. The smallest absolute Gasteiger partial charge is 0.262 e. The van der Waals surface area contributed by atoms with Crippen LogP contribution in [0.15, 0.2) is 34.9 Å². The molecule has 0 aliphatic carbocycles. The molecule has 2 heterocycles. The number of nitrogens with two attached hydrogens (primary N) is 1. The molecule has 0 atom stereocenters. The molecular formula is C19H19N3O3S. The van der Waals surface area contributed by atoms with Gasteiger partial charge < -0.3 is 15.6 Å². The normalized spacial score (nSPS) is 10.7. The van der Waals surface area contributed by atoms with E-state index in [1.807, 2.05) is 44.2 Å². The van der Waals surface area contributed by atoms with Gasteiger partial charge in [-0.05, 0) is 25.8 Å². The molecule has 0 aliphatic heterocycles. The van der Waals surface area contributed by atoms with E-state index < -0.39 is 5.91 Å². The van der Waals surface area contributed by atoms with E-state index in [1.54, 1.807) is 6.92 Å². The van der Waals surface area contributed by atoms with Crippen molar-refractivity contribution >= 4 is 28.2 Å². The van der Waals surface area contributed by atoms with Gasteiger partial charge in [0.1, 0.15) is 22.0 Å². The summed E-state index contributed by atoms with van der Waals surface area (Å²) in [6.45, 7) is 5.54. The highest BCUT2D eigenvalue weighted by Gasteiger charge is 2.25. The standard InChI is InChI=1S/C19H19N3O3S/c1-4-13-11(3)26-19(15(13)17(20)23)21-18(24)14-10(2)25-22-16(14)12-8-6-5-7-9-12/h5-9H,4H2,1-3H3,(H2,20,23)(H,21,24). The summed E-state index contributed by atoms with van der Waals surface area (Å²) in [4.78, 5) is 25.8. The Morgan fingerprint density at radius 2 is 1.88 bits per heavy atom. The Balaban J connectivity index is 2.01. The van der Waals surface area contributed by atoms with E-state index in [2.05, 4.69) is 10.5 Å². The number of anilines is 1. The van der Waals surface area contributed by atoms with E-state index in [9.17, 15) is 9.59 Å². The Hall–Kier alpha value is -2.93. The van der Waals surface area contributed by atoms with Crippen LogP contribution in [-0.2, 0) is 6.42 Å². The maximum atomic E-state index is 12.9. The molecule has 0 fully saturated rings. The number of carbonyl (C=O) groups is 2. The highest BCUT2D eigenvalue weighted by Crippen LogP contribution is 2.34. The Morgan fingerprint density at radius 1 is 1.19 bits per heavy atom. The van der Waals surface area contributed by atoms with Crippen molar-refractivity contribution < 1.29 is 14.1 Å². The molecule has 0 saturated heterocycles. The van der Waals surface area contributed by atoms with Crippen LogP contribution >= 0.6 is 11.3 Å². The average Bonchev–Trinajstić information content (AvgIpc) is 3.15. The van der Waals surface area contributed by atoms with Crippen LogP contribution in [0.25, 0.3) is 11.3 Å². The zero-order chi connectivity index (χ0) is 18.8. The summed E-state index contributed by atoms with van der Waals surface area (Å²) in [5.74, 6) is -0.521. The molecule has 0 unspecified atom stereocenters. The van der Waals surface area contributed by atoms with E-state index in [-0.39, 0.29) is 5.91 Å². The van der Waals surface area contributed by atoms with Gasteiger partial charge in [-0.2, -0.15) is 0 Å². The van der Waals surface area contributed by atoms with Gasteiger partial charge in [-0.25, -0.2) is 0 Å². The number of amides is 2. The summed E-state index contributed by atoms with van der Waals surface area (Å²) < 4.78 is 5.24. The topological polar surface area (TPSA) is 98.2 Å². The first-order valence-corrected chi connectivity index (χ1v) is 9.00. The summed E-state index contributed by atoms with van der Waals surface area (Å²) in [6.07, 6.45) is 0.665. The fraction of sp³-hybridized carbons (Fsp3) is 0.211. The Labute approximate surface area is 155 Å².